The van der Waals surface area contributed by atoms with Crippen LogP contribution in [0.5, 0.6) is 5.75 Å². The Bertz CT molecular complexity index is 686. The van der Waals surface area contributed by atoms with Gasteiger partial charge in [0.1, 0.15) is 5.75 Å². The molecule has 5 heteroatoms. The summed E-state index contributed by atoms with van der Waals surface area (Å²) >= 11 is 6.16. The van der Waals surface area contributed by atoms with E-state index in [1.54, 1.807) is 19.1 Å². The summed E-state index contributed by atoms with van der Waals surface area (Å²) in [5.41, 5.74) is 2.81. The second kappa shape index (κ2) is 7.18. The number of halogens is 1. The van der Waals surface area contributed by atoms with Crippen LogP contribution < -0.4 is 10.1 Å². The van der Waals surface area contributed by atoms with Crippen LogP contribution >= 0.6 is 11.6 Å². The molecule has 0 fully saturated rings. The van der Waals surface area contributed by atoms with Crippen molar-refractivity contribution in [2.24, 2.45) is 0 Å². The van der Waals surface area contributed by atoms with Crippen LogP contribution in [0.25, 0.3) is 0 Å². The molecule has 116 valence electrons. The fourth-order valence-corrected chi connectivity index (χ4v) is 2.44. The number of carboxylic acid groups (broad SMARTS) is 1. The van der Waals surface area contributed by atoms with Crippen molar-refractivity contribution in [3.63, 3.8) is 0 Å². The number of aromatic carboxylic acids is 1. The van der Waals surface area contributed by atoms with E-state index in [9.17, 15) is 4.79 Å². The van der Waals surface area contributed by atoms with Gasteiger partial charge in [0.05, 0.1) is 17.2 Å². The molecule has 0 amide bonds. The maximum atomic E-state index is 11.1. The zero-order chi connectivity index (χ0) is 16.1. The lowest BCUT2D eigenvalue weighted by Crippen LogP contribution is -2.06. The molecule has 2 rings (SSSR count). The number of hydrogen-bond donors (Lipinski definition) is 2. The molecule has 2 N–H and O–H groups in total. The molecule has 0 radical (unpaired) electrons. The van der Waals surface area contributed by atoms with E-state index < -0.39 is 5.97 Å². The minimum absolute atomic E-state index is 0.301. The van der Waals surface area contributed by atoms with Crippen molar-refractivity contribution in [3.8, 4) is 5.75 Å². The Morgan fingerprint density at radius 3 is 2.73 bits per heavy atom. The topological polar surface area (TPSA) is 58.6 Å². The van der Waals surface area contributed by atoms with Crippen molar-refractivity contribution in [2.75, 3.05) is 11.9 Å². The van der Waals surface area contributed by atoms with E-state index in [0.29, 0.717) is 35.1 Å². The first-order valence-electron chi connectivity index (χ1n) is 7.01. The molecule has 0 heterocycles. The number of carboxylic acids is 1. The van der Waals surface area contributed by atoms with Crippen molar-refractivity contribution < 1.29 is 14.6 Å². The highest BCUT2D eigenvalue weighted by Crippen LogP contribution is 2.26. The third-order valence-corrected chi connectivity index (χ3v) is 3.64. The third kappa shape index (κ3) is 3.71. The number of hydrogen-bond acceptors (Lipinski definition) is 3. The van der Waals surface area contributed by atoms with E-state index in [4.69, 9.17) is 21.4 Å². The number of carbonyl (C=O) groups is 1. The van der Waals surface area contributed by atoms with E-state index in [1.807, 2.05) is 31.2 Å². The number of ether oxygens (including phenoxy) is 1. The summed E-state index contributed by atoms with van der Waals surface area (Å²) in [6.45, 7) is 4.81. The molecule has 0 spiro atoms. The molecule has 4 nitrogen and oxygen atoms in total. The largest absolute Gasteiger partial charge is 0.492 e. The summed E-state index contributed by atoms with van der Waals surface area (Å²) in [7, 11) is 0. The Kier molecular flexibility index (Phi) is 5.28. The number of anilines is 1. The second-order valence-corrected chi connectivity index (χ2v) is 5.24. The van der Waals surface area contributed by atoms with Gasteiger partial charge >= 0.3 is 5.97 Å². The Labute approximate surface area is 134 Å². The van der Waals surface area contributed by atoms with Crippen molar-refractivity contribution in [2.45, 2.75) is 20.4 Å². The van der Waals surface area contributed by atoms with Gasteiger partial charge in [0.2, 0.25) is 0 Å². The Morgan fingerprint density at radius 1 is 1.32 bits per heavy atom. The molecule has 22 heavy (non-hydrogen) atoms. The quantitative estimate of drug-likeness (QED) is 0.830. The molecular formula is C17H18ClNO3. The van der Waals surface area contributed by atoms with Gasteiger partial charge in [0.25, 0.3) is 0 Å². The zero-order valence-electron chi connectivity index (χ0n) is 12.5. The molecular weight excluding hydrogens is 302 g/mol. The van der Waals surface area contributed by atoms with Crippen molar-refractivity contribution in [1.29, 1.82) is 0 Å². The van der Waals surface area contributed by atoms with E-state index >= 15 is 0 Å². The van der Waals surface area contributed by atoms with Gasteiger partial charge in [0, 0.05) is 12.2 Å². The number of rotatable bonds is 6. The van der Waals surface area contributed by atoms with Crippen molar-refractivity contribution in [1.82, 2.24) is 0 Å². The molecule has 2 aromatic rings. The number of benzene rings is 2. The normalized spacial score (nSPS) is 10.3. The number of nitrogens with one attached hydrogen (secondary N) is 1. The predicted molar refractivity (Wildman–Crippen MR) is 88.1 cm³/mol. The molecule has 0 bridgehead atoms. The maximum absolute atomic E-state index is 11.1. The van der Waals surface area contributed by atoms with Crippen LogP contribution in [0.15, 0.2) is 36.4 Å². The molecule has 0 aliphatic heterocycles. The first kappa shape index (κ1) is 16.2. The van der Waals surface area contributed by atoms with Crippen LogP contribution in [0.3, 0.4) is 0 Å². The summed E-state index contributed by atoms with van der Waals surface area (Å²) in [5.74, 6) is -0.262. The van der Waals surface area contributed by atoms with Crippen molar-refractivity contribution in [3.05, 3.63) is 58.1 Å². The average molecular weight is 320 g/mol. The summed E-state index contributed by atoms with van der Waals surface area (Å²) < 4.78 is 5.40. The van der Waals surface area contributed by atoms with E-state index in [1.165, 1.54) is 0 Å². The lowest BCUT2D eigenvalue weighted by Gasteiger charge is -2.12. The van der Waals surface area contributed by atoms with Gasteiger partial charge in [-0.2, -0.15) is 0 Å². The van der Waals surface area contributed by atoms with Gasteiger partial charge in [-0.1, -0.05) is 23.7 Å². The third-order valence-electron chi connectivity index (χ3n) is 3.34. The molecule has 0 aliphatic rings. The van der Waals surface area contributed by atoms with E-state index in [0.717, 1.165) is 11.3 Å². The summed E-state index contributed by atoms with van der Waals surface area (Å²) in [6, 6.07) is 10.8. The van der Waals surface area contributed by atoms with E-state index in [-0.39, 0.29) is 0 Å². The fraction of sp³-hybridized carbons (Fsp3) is 0.235. The van der Waals surface area contributed by atoms with Gasteiger partial charge < -0.3 is 15.2 Å². The Balaban J connectivity index is 2.12. The monoisotopic (exact) mass is 319 g/mol. The SMILES string of the molecule is CCOc1ccc(CNc2cccc(C(=O)O)c2C)cc1Cl. The average Bonchev–Trinajstić information content (AvgIpc) is 2.48. The first-order valence-corrected chi connectivity index (χ1v) is 7.38. The smallest absolute Gasteiger partial charge is 0.336 e. The molecule has 0 saturated carbocycles. The summed E-state index contributed by atoms with van der Waals surface area (Å²) in [6.07, 6.45) is 0. The lowest BCUT2D eigenvalue weighted by molar-refractivity contribution is 0.0696. The minimum Gasteiger partial charge on any atom is -0.492 e. The van der Waals surface area contributed by atoms with Gasteiger partial charge in [-0.25, -0.2) is 4.79 Å². The Hall–Kier alpha value is -2.20. The molecule has 0 atom stereocenters. The minimum atomic E-state index is -0.926. The molecule has 0 aliphatic carbocycles. The van der Waals surface area contributed by atoms with Crippen molar-refractivity contribution >= 4 is 23.3 Å². The highest BCUT2D eigenvalue weighted by molar-refractivity contribution is 6.32. The standard InChI is InChI=1S/C17H18ClNO3/c1-3-22-16-8-7-12(9-14(16)18)10-19-15-6-4-5-13(11(15)2)17(20)21/h4-9,19H,3,10H2,1-2H3,(H,20,21). The van der Waals surface area contributed by atoms with Crippen LogP contribution in [-0.4, -0.2) is 17.7 Å². The second-order valence-electron chi connectivity index (χ2n) is 4.83. The molecule has 0 aromatic heterocycles. The predicted octanol–water partition coefficient (Wildman–Crippen LogP) is 4.36. The fourth-order valence-electron chi connectivity index (χ4n) is 2.18. The van der Waals surface area contributed by atoms with Crippen LogP contribution in [0.1, 0.15) is 28.4 Å². The van der Waals surface area contributed by atoms with Crippen LogP contribution in [-0.2, 0) is 6.54 Å². The van der Waals surface area contributed by atoms with Gasteiger partial charge in [0.15, 0.2) is 0 Å². The highest BCUT2D eigenvalue weighted by atomic mass is 35.5. The van der Waals surface area contributed by atoms with Crippen LogP contribution in [0.2, 0.25) is 5.02 Å². The molecule has 0 unspecified atom stereocenters. The Morgan fingerprint density at radius 2 is 2.09 bits per heavy atom. The first-order chi connectivity index (χ1) is 10.5. The summed E-state index contributed by atoms with van der Waals surface area (Å²) in [4.78, 5) is 11.1. The maximum Gasteiger partial charge on any atom is 0.336 e. The zero-order valence-corrected chi connectivity index (χ0v) is 13.3. The van der Waals surface area contributed by atoms with Gasteiger partial charge in [-0.05, 0) is 49.2 Å². The summed E-state index contributed by atoms with van der Waals surface area (Å²) in [5, 5.41) is 12.9. The lowest BCUT2D eigenvalue weighted by atomic mass is 10.1. The molecule has 2 aromatic carbocycles. The van der Waals surface area contributed by atoms with Crippen LogP contribution in [0.4, 0.5) is 5.69 Å². The van der Waals surface area contributed by atoms with Gasteiger partial charge in [-0.3, -0.25) is 0 Å². The highest BCUT2D eigenvalue weighted by Gasteiger charge is 2.10. The van der Waals surface area contributed by atoms with Gasteiger partial charge in [-0.15, -0.1) is 0 Å². The molecule has 0 saturated heterocycles. The van der Waals surface area contributed by atoms with Crippen LogP contribution in [0, 0.1) is 6.92 Å². The van der Waals surface area contributed by atoms with E-state index in [2.05, 4.69) is 5.32 Å².